The van der Waals surface area contributed by atoms with Crippen LogP contribution >= 0.6 is 11.3 Å². The molecular weight excluding hydrogens is 286 g/mol. The van der Waals surface area contributed by atoms with Crippen LogP contribution in [0.4, 0.5) is 0 Å². The van der Waals surface area contributed by atoms with Crippen molar-refractivity contribution in [2.45, 2.75) is 30.4 Å². The van der Waals surface area contributed by atoms with Crippen LogP contribution in [0.1, 0.15) is 25.0 Å². The minimum Gasteiger partial charge on any atom is -0.316 e. The number of hydrogen-bond donors (Lipinski definition) is 3. The predicted octanol–water partition coefficient (Wildman–Crippen LogP) is 0.413. The second kappa shape index (κ2) is 6.17. The van der Waals surface area contributed by atoms with E-state index >= 15 is 0 Å². The van der Waals surface area contributed by atoms with Gasteiger partial charge in [-0.15, -0.1) is 0 Å². The summed E-state index contributed by atoms with van der Waals surface area (Å²) >= 11 is 0.733. The Morgan fingerprint density at radius 2 is 2.26 bits per heavy atom. The topological polar surface area (TPSA) is 91.1 Å². The number of aromatic amines is 1. The van der Waals surface area contributed by atoms with Crippen molar-refractivity contribution in [3.8, 4) is 0 Å². The van der Waals surface area contributed by atoms with E-state index in [1.54, 1.807) is 6.92 Å². The van der Waals surface area contributed by atoms with Crippen LogP contribution in [0, 0.1) is 12.8 Å². The van der Waals surface area contributed by atoms with Gasteiger partial charge < -0.3 is 10.3 Å². The Hall–Kier alpha value is -0.700. The molecule has 1 atom stereocenters. The molecule has 1 aliphatic rings. The molecular formula is C11H19N3O3S2. The van der Waals surface area contributed by atoms with Gasteiger partial charge in [0.15, 0.2) is 4.21 Å². The SMILES string of the molecule is Cc1[nH]c(=O)sc1S(=O)(=O)NCCC1CCCNC1. The van der Waals surface area contributed by atoms with Gasteiger partial charge in [-0.2, -0.15) is 0 Å². The van der Waals surface area contributed by atoms with Crippen LogP contribution < -0.4 is 14.9 Å². The van der Waals surface area contributed by atoms with Gasteiger partial charge in [-0.3, -0.25) is 4.79 Å². The van der Waals surface area contributed by atoms with Crippen LogP contribution in [0.3, 0.4) is 0 Å². The van der Waals surface area contributed by atoms with Gasteiger partial charge in [-0.25, -0.2) is 13.1 Å². The lowest BCUT2D eigenvalue weighted by atomic mass is 9.96. The van der Waals surface area contributed by atoms with Gasteiger partial charge in [0.2, 0.25) is 0 Å². The van der Waals surface area contributed by atoms with Crippen molar-refractivity contribution in [1.29, 1.82) is 0 Å². The fourth-order valence-electron chi connectivity index (χ4n) is 2.28. The van der Waals surface area contributed by atoms with Gasteiger partial charge in [-0.1, -0.05) is 11.3 Å². The van der Waals surface area contributed by atoms with E-state index in [1.165, 1.54) is 0 Å². The number of hydrogen-bond acceptors (Lipinski definition) is 5. The molecule has 0 aromatic carbocycles. The number of H-pyrrole nitrogens is 1. The van der Waals surface area contributed by atoms with Crippen LogP contribution in [0.15, 0.2) is 9.00 Å². The molecule has 1 aliphatic heterocycles. The summed E-state index contributed by atoms with van der Waals surface area (Å²) in [5.41, 5.74) is 0.404. The maximum atomic E-state index is 12.0. The molecule has 19 heavy (non-hydrogen) atoms. The first kappa shape index (κ1) is 14.7. The first-order valence-corrected chi connectivity index (χ1v) is 8.69. The maximum absolute atomic E-state index is 12.0. The molecule has 0 spiro atoms. The summed E-state index contributed by atoms with van der Waals surface area (Å²) in [5.74, 6) is 0.530. The molecule has 108 valence electrons. The molecule has 0 bridgehead atoms. The average molecular weight is 305 g/mol. The van der Waals surface area contributed by atoms with Crippen LogP contribution in [0.2, 0.25) is 0 Å². The van der Waals surface area contributed by atoms with Gasteiger partial charge in [0.25, 0.3) is 10.0 Å². The molecule has 0 radical (unpaired) electrons. The lowest BCUT2D eigenvalue weighted by Gasteiger charge is -2.22. The van der Waals surface area contributed by atoms with Gasteiger partial charge in [-0.05, 0) is 45.2 Å². The fraction of sp³-hybridized carbons (Fsp3) is 0.727. The molecule has 8 heteroatoms. The average Bonchev–Trinajstić information content (AvgIpc) is 2.70. The largest absolute Gasteiger partial charge is 0.316 e. The zero-order valence-electron chi connectivity index (χ0n) is 10.9. The summed E-state index contributed by atoms with van der Waals surface area (Å²) in [5, 5.41) is 3.31. The summed E-state index contributed by atoms with van der Waals surface area (Å²) in [6.07, 6.45) is 3.12. The van der Waals surface area contributed by atoms with Gasteiger partial charge in [0.1, 0.15) is 0 Å². The predicted molar refractivity (Wildman–Crippen MR) is 75.1 cm³/mol. The molecule has 1 unspecified atom stereocenters. The third kappa shape index (κ3) is 3.88. The standard InChI is InChI=1S/C11H19N3O3S2/c1-8-10(18-11(15)14-8)19(16,17)13-6-4-9-3-2-5-12-7-9/h9,12-13H,2-7H2,1H3,(H,14,15). The van der Waals surface area contributed by atoms with Crippen molar-refractivity contribution in [3.05, 3.63) is 15.4 Å². The number of nitrogens with one attached hydrogen (secondary N) is 3. The molecule has 0 saturated carbocycles. The molecule has 1 fully saturated rings. The Labute approximate surface area is 116 Å². The molecule has 0 aliphatic carbocycles. The van der Waals surface area contributed by atoms with Gasteiger partial charge in [0.05, 0.1) is 0 Å². The molecule has 1 aromatic heterocycles. The van der Waals surface area contributed by atoms with Crippen molar-refractivity contribution in [1.82, 2.24) is 15.0 Å². The summed E-state index contributed by atoms with van der Waals surface area (Å²) in [6.45, 7) is 4.02. The molecule has 1 saturated heterocycles. The summed E-state index contributed by atoms with van der Waals surface area (Å²) < 4.78 is 26.7. The van der Waals surface area contributed by atoms with Gasteiger partial charge in [0, 0.05) is 12.2 Å². The second-order valence-corrected chi connectivity index (χ2v) is 7.77. The quantitative estimate of drug-likeness (QED) is 0.735. The fourth-order valence-corrected chi connectivity index (χ4v) is 4.67. The molecule has 0 amide bonds. The van der Waals surface area contributed by atoms with E-state index in [-0.39, 0.29) is 9.08 Å². The summed E-state index contributed by atoms with van der Waals surface area (Å²) in [7, 11) is -3.55. The number of aryl methyl sites for hydroxylation is 1. The lowest BCUT2D eigenvalue weighted by Crippen LogP contribution is -2.33. The first-order valence-electron chi connectivity index (χ1n) is 6.39. The Balaban J connectivity index is 1.91. The van der Waals surface area contributed by atoms with Crippen LogP contribution in [-0.4, -0.2) is 33.0 Å². The first-order chi connectivity index (χ1) is 8.99. The highest BCUT2D eigenvalue weighted by Crippen LogP contribution is 2.17. The minimum absolute atomic E-state index is 0.0965. The number of aromatic nitrogens is 1. The maximum Gasteiger partial charge on any atom is 0.305 e. The van der Waals surface area contributed by atoms with E-state index in [9.17, 15) is 13.2 Å². The van der Waals surface area contributed by atoms with Crippen molar-refractivity contribution < 1.29 is 8.42 Å². The zero-order chi connectivity index (χ0) is 13.9. The normalized spacial score (nSPS) is 20.6. The van der Waals surface area contributed by atoms with E-state index < -0.39 is 10.0 Å². The van der Waals surface area contributed by atoms with E-state index in [0.29, 0.717) is 18.2 Å². The van der Waals surface area contributed by atoms with Crippen molar-refractivity contribution in [3.63, 3.8) is 0 Å². The minimum atomic E-state index is -3.55. The highest BCUT2D eigenvalue weighted by Gasteiger charge is 2.21. The Morgan fingerprint density at radius 3 is 2.84 bits per heavy atom. The van der Waals surface area contributed by atoms with Crippen molar-refractivity contribution in [2.75, 3.05) is 19.6 Å². The Bertz CT molecular complexity index is 570. The number of thiazole rings is 1. The number of rotatable bonds is 5. The van der Waals surface area contributed by atoms with E-state index in [1.807, 2.05) is 0 Å². The number of sulfonamides is 1. The van der Waals surface area contributed by atoms with E-state index in [2.05, 4.69) is 15.0 Å². The van der Waals surface area contributed by atoms with Crippen LogP contribution in [-0.2, 0) is 10.0 Å². The third-order valence-electron chi connectivity index (χ3n) is 3.27. The summed E-state index contributed by atoms with van der Waals surface area (Å²) in [4.78, 5) is 13.3. The highest BCUT2D eigenvalue weighted by molar-refractivity contribution is 7.91. The third-order valence-corrected chi connectivity index (χ3v) is 6.33. The highest BCUT2D eigenvalue weighted by atomic mass is 32.2. The van der Waals surface area contributed by atoms with E-state index in [4.69, 9.17) is 0 Å². The van der Waals surface area contributed by atoms with Crippen LogP contribution in [0.25, 0.3) is 0 Å². The second-order valence-electron chi connectivity index (χ2n) is 4.83. The summed E-state index contributed by atoms with van der Waals surface area (Å²) in [6, 6.07) is 0. The molecule has 2 heterocycles. The monoisotopic (exact) mass is 305 g/mol. The Kier molecular flexibility index (Phi) is 4.77. The lowest BCUT2D eigenvalue weighted by molar-refractivity contribution is 0.358. The molecule has 3 N–H and O–H groups in total. The molecule has 2 rings (SSSR count). The Morgan fingerprint density at radius 1 is 1.47 bits per heavy atom. The van der Waals surface area contributed by atoms with Crippen LogP contribution in [0.5, 0.6) is 0 Å². The van der Waals surface area contributed by atoms with E-state index in [0.717, 1.165) is 43.7 Å². The molecule has 6 nitrogen and oxygen atoms in total. The smallest absolute Gasteiger partial charge is 0.305 e. The van der Waals surface area contributed by atoms with Crippen molar-refractivity contribution in [2.24, 2.45) is 5.92 Å². The number of piperidine rings is 1. The van der Waals surface area contributed by atoms with Gasteiger partial charge >= 0.3 is 4.87 Å². The zero-order valence-corrected chi connectivity index (χ0v) is 12.5. The van der Waals surface area contributed by atoms with Crippen molar-refractivity contribution >= 4 is 21.4 Å². The molecule has 1 aromatic rings.